The lowest BCUT2D eigenvalue weighted by Crippen LogP contribution is -1.98. The number of aliphatic hydroxyl groups excluding tert-OH is 2. The van der Waals surface area contributed by atoms with Gasteiger partial charge in [-0.1, -0.05) is 83.5 Å². The van der Waals surface area contributed by atoms with Crippen molar-refractivity contribution >= 4 is 17.0 Å². The van der Waals surface area contributed by atoms with Gasteiger partial charge in [0.15, 0.2) is 0 Å². The first kappa shape index (κ1) is 26.9. The van der Waals surface area contributed by atoms with Crippen LogP contribution < -0.4 is 5.73 Å². The van der Waals surface area contributed by atoms with E-state index in [1.807, 2.05) is 97.0 Å². The summed E-state index contributed by atoms with van der Waals surface area (Å²) in [5.41, 5.74) is 9.14. The molecule has 0 amide bonds. The topological polar surface area (TPSA) is 66.5 Å². The Balaban J connectivity index is 0.00000120. The van der Waals surface area contributed by atoms with Crippen molar-refractivity contribution in [1.82, 2.24) is 0 Å². The first-order chi connectivity index (χ1) is 14.0. The average molecular weight is 416 g/mol. The van der Waals surface area contributed by atoms with Crippen molar-refractivity contribution in [2.75, 3.05) is 5.73 Å². The molecule has 0 saturated heterocycles. The summed E-state index contributed by atoms with van der Waals surface area (Å²) >= 11 is 1.42. The van der Waals surface area contributed by atoms with Gasteiger partial charge in [-0.05, 0) is 42.3 Å². The maximum atomic E-state index is 10.5. The van der Waals surface area contributed by atoms with E-state index in [0.717, 1.165) is 26.4 Å². The van der Waals surface area contributed by atoms with E-state index in [9.17, 15) is 10.2 Å². The van der Waals surface area contributed by atoms with E-state index in [1.54, 1.807) is 12.1 Å². The third kappa shape index (κ3) is 8.01. The Bertz CT molecular complexity index is 713. The number of rotatable bonds is 4. The Morgan fingerprint density at radius 3 is 1.34 bits per heavy atom. The molecular formula is C25H37NO2S. The second-order valence-corrected chi connectivity index (χ2v) is 6.77. The summed E-state index contributed by atoms with van der Waals surface area (Å²) in [7, 11) is 0. The van der Waals surface area contributed by atoms with E-state index in [2.05, 4.69) is 0 Å². The molecule has 29 heavy (non-hydrogen) atoms. The van der Waals surface area contributed by atoms with Gasteiger partial charge in [-0.2, -0.15) is 0 Å². The van der Waals surface area contributed by atoms with Crippen LogP contribution in [0.25, 0.3) is 0 Å². The molecular weight excluding hydrogens is 378 g/mol. The molecule has 1 aromatic heterocycles. The Hall–Kier alpha value is -2.14. The zero-order chi connectivity index (χ0) is 22.4. The first-order valence-electron chi connectivity index (χ1n) is 10.4. The number of benzene rings is 2. The molecule has 0 aliphatic rings. The Morgan fingerprint density at radius 2 is 0.966 bits per heavy atom. The number of hydrogen-bond acceptors (Lipinski definition) is 4. The van der Waals surface area contributed by atoms with Gasteiger partial charge in [0.2, 0.25) is 0 Å². The van der Waals surface area contributed by atoms with Crippen molar-refractivity contribution < 1.29 is 10.2 Å². The van der Waals surface area contributed by atoms with Crippen LogP contribution in [0.2, 0.25) is 0 Å². The summed E-state index contributed by atoms with van der Waals surface area (Å²) in [4.78, 5) is 1.62. The molecule has 0 fully saturated rings. The van der Waals surface area contributed by atoms with Gasteiger partial charge in [-0.25, -0.2) is 0 Å². The Labute approximate surface area is 180 Å². The summed E-state index contributed by atoms with van der Waals surface area (Å²) in [5.74, 6) is 0. The molecule has 3 aromatic rings. The molecule has 0 saturated carbocycles. The normalized spacial score (nSPS) is 11.5. The monoisotopic (exact) mass is 415 g/mol. The molecule has 4 N–H and O–H groups in total. The van der Waals surface area contributed by atoms with Crippen molar-refractivity contribution in [3.63, 3.8) is 0 Å². The highest BCUT2D eigenvalue weighted by molar-refractivity contribution is 7.12. The quantitative estimate of drug-likeness (QED) is 0.407. The first-order valence-corrected chi connectivity index (χ1v) is 11.2. The van der Waals surface area contributed by atoms with Gasteiger partial charge in [0.1, 0.15) is 12.2 Å². The molecule has 0 bridgehead atoms. The summed E-state index contributed by atoms with van der Waals surface area (Å²) < 4.78 is 0. The summed E-state index contributed by atoms with van der Waals surface area (Å²) in [5, 5.41) is 21.0. The number of nitrogens with two attached hydrogens (primary N) is 1. The molecule has 2 unspecified atom stereocenters. The van der Waals surface area contributed by atoms with E-state index in [0.29, 0.717) is 5.69 Å². The van der Waals surface area contributed by atoms with Crippen LogP contribution in [0.4, 0.5) is 5.69 Å². The van der Waals surface area contributed by atoms with E-state index in [-0.39, 0.29) is 0 Å². The Morgan fingerprint density at radius 1 is 0.621 bits per heavy atom. The highest BCUT2D eigenvalue weighted by Crippen LogP contribution is 2.34. The van der Waals surface area contributed by atoms with E-state index < -0.39 is 12.2 Å². The molecule has 0 aliphatic heterocycles. The van der Waals surface area contributed by atoms with Crippen LogP contribution in [0.1, 0.15) is 80.2 Å². The minimum Gasteiger partial charge on any atom is -0.399 e. The maximum Gasteiger partial charge on any atom is 0.113 e. The molecule has 0 radical (unpaired) electrons. The minimum absolute atomic E-state index is 0.669. The molecule has 160 valence electrons. The lowest BCUT2D eigenvalue weighted by atomic mass is 10.1. The standard InChI is InChI=1S/C19H19NO2S.3C2H6/c1-12-2-4-13(5-3-12)18(21)16-10-11-17(23-16)19(22)14-6-8-15(20)9-7-14;3*1-2/h2-11,18-19,21-22H,20H2,1H3;3*1-2H3. The number of hydrogen-bond donors (Lipinski definition) is 3. The van der Waals surface area contributed by atoms with Gasteiger partial charge in [-0.3, -0.25) is 0 Å². The summed E-state index contributed by atoms with van der Waals surface area (Å²) in [6.07, 6.45) is -1.38. The lowest BCUT2D eigenvalue weighted by Gasteiger charge is -2.11. The SMILES string of the molecule is CC.CC.CC.Cc1ccc(C(O)c2ccc(C(O)c3ccc(N)cc3)s2)cc1. The smallest absolute Gasteiger partial charge is 0.113 e. The van der Waals surface area contributed by atoms with Gasteiger partial charge >= 0.3 is 0 Å². The predicted octanol–water partition coefficient (Wildman–Crippen LogP) is 6.88. The van der Waals surface area contributed by atoms with Crippen LogP contribution in [0, 0.1) is 6.92 Å². The van der Waals surface area contributed by atoms with Crippen molar-refractivity contribution in [1.29, 1.82) is 0 Å². The van der Waals surface area contributed by atoms with Crippen molar-refractivity contribution in [2.24, 2.45) is 0 Å². The maximum absolute atomic E-state index is 10.5. The second-order valence-electron chi connectivity index (χ2n) is 5.62. The van der Waals surface area contributed by atoms with Crippen molar-refractivity contribution in [2.45, 2.75) is 60.7 Å². The zero-order valence-corrected chi connectivity index (χ0v) is 19.6. The number of nitrogen functional groups attached to an aromatic ring is 1. The van der Waals surface area contributed by atoms with E-state index in [1.165, 1.54) is 11.3 Å². The van der Waals surface area contributed by atoms with Gasteiger partial charge in [0.05, 0.1) is 0 Å². The largest absolute Gasteiger partial charge is 0.399 e. The highest BCUT2D eigenvalue weighted by Gasteiger charge is 2.17. The number of aliphatic hydroxyl groups is 2. The molecule has 4 heteroatoms. The predicted molar refractivity (Wildman–Crippen MR) is 129 cm³/mol. The van der Waals surface area contributed by atoms with Crippen LogP contribution in [0.3, 0.4) is 0 Å². The van der Waals surface area contributed by atoms with Crippen molar-refractivity contribution in [3.8, 4) is 0 Å². The molecule has 2 atom stereocenters. The molecule has 0 aliphatic carbocycles. The molecule has 0 spiro atoms. The lowest BCUT2D eigenvalue weighted by molar-refractivity contribution is 0.223. The fourth-order valence-corrected chi connectivity index (χ4v) is 3.46. The second kappa shape index (κ2) is 14.8. The fraction of sp³-hybridized carbons (Fsp3) is 0.360. The van der Waals surface area contributed by atoms with Crippen LogP contribution >= 0.6 is 11.3 Å². The molecule has 3 rings (SSSR count). The van der Waals surface area contributed by atoms with Crippen LogP contribution in [0.5, 0.6) is 0 Å². The number of anilines is 1. The molecule has 3 nitrogen and oxygen atoms in total. The highest BCUT2D eigenvalue weighted by atomic mass is 32.1. The zero-order valence-electron chi connectivity index (χ0n) is 18.8. The number of thiophene rings is 1. The summed E-state index contributed by atoms with van der Waals surface area (Å²) in [6, 6.07) is 18.7. The Kier molecular flexibility index (Phi) is 13.7. The molecule has 2 aromatic carbocycles. The minimum atomic E-state index is -0.709. The van der Waals surface area contributed by atoms with Gasteiger partial charge in [-0.15, -0.1) is 11.3 Å². The van der Waals surface area contributed by atoms with Crippen LogP contribution in [-0.2, 0) is 0 Å². The van der Waals surface area contributed by atoms with E-state index in [4.69, 9.17) is 5.73 Å². The van der Waals surface area contributed by atoms with Crippen molar-refractivity contribution in [3.05, 3.63) is 87.1 Å². The van der Waals surface area contributed by atoms with Gasteiger partial charge in [0.25, 0.3) is 0 Å². The van der Waals surface area contributed by atoms with E-state index >= 15 is 0 Å². The van der Waals surface area contributed by atoms with Gasteiger partial charge in [0, 0.05) is 15.4 Å². The molecule has 1 heterocycles. The van der Waals surface area contributed by atoms with Gasteiger partial charge < -0.3 is 15.9 Å². The third-order valence-corrected chi connectivity index (χ3v) is 5.02. The average Bonchev–Trinajstić information content (AvgIpc) is 3.28. The fourth-order valence-electron chi connectivity index (χ4n) is 2.42. The third-order valence-electron chi connectivity index (χ3n) is 3.83. The number of aryl methyl sites for hydroxylation is 1. The van der Waals surface area contributed by atoms with Crippen LogP contribution in [0.15, 0.2) is 60.7 Å². The summed E-state index contributed by atoms with van der Waals surface area (Å²) in [6.45, 7) is 14.0. The van der Waals surface area contributed by atoms with Crippen LogP contribution in [-0.4, -0.2) is 10.2 Å².